The van der Waals surface area contributed by atoms with Gasteiger partial charge < -0.3 is 5.73 Å². The summed E-state index contributed by atoms with van der Waals surface area (Å²) in [7, 11) is 0. The summed E-state index contributed by atoms with van der Waals surface area (Å²) in [6.07, 6.45) is 5.34. The molecule has 0 aromatic heterocycles. The van der Waals surface area contributed by atoms with Gasteiger partial charge >= 0.3 is 0 Å². The first-order chi connectivity index (χ1) is 6.96. The van der Waals surface area contributed by atoms with Crippen LogP contribution in [-0.4, -0.2) is 30.1 Å². The molecule has 15 heavy (non-hydrogen) atoms. The third-order valence-corrected chi connectivity index (χ3v) is 4.14. The van der Waals surface area contributed by atoms with Crippen molar-refractivity contribution in [2.45, 2.75) is 58.5 Å². The van der Waals surface area contributed by atoms with Crippen LogP contribution in [0.4, 0.5) is 0 Å². The maximum Gasteiger partial charge on any atom is 0.0180 e. The van der Waals surface area contributed by atoms with Crippen molar-refractivity contribution in [1.29, 1.82) is 0 Å². The van der Waals surface area contributed by atoms with Gasteiger partial charge in [-0.15, -0.1) is 0 Å². The molecule has 0 amide bonds. The number of rotatable bonds is 1. The Labute approximate surface area is 94.2 Å². The maximum atomic E-state index is 5.99. The van der Waals surface area contributed by atoms with Crippen molar-refractivity contribution < 1.29 is 0 Å². The minimum Gasteiger partial charge on any atom is -0.326 e. The summed E-state index contributed by atoms with van der Waals surface area (Å²) in [5.74, 6) is 0.885. The predicted octanol–water partition coefficient (Wildman–Crippen LogP) is 2.23. The third kappa shape index (κ3) is 2.73. The van der Waals surface area contributed by atoms with E-state index in [2.05, 4.69) is 25.7 Å². The van der Waals surface area contributed by atoms with E-state index in [0.717, 1.165) is 18.5 Å². The highest BCUT2D eigenvalue weighted by atomic mass is 15.2. The van der Waals surface area contributed by atoms with Crippen LogP contribution in [0.3, 0.4) is 0 Å². The second-order valence-electron chi connectivity index (χ2n) is 6.61. The molecule has 1 saturated carbocycles. The topological polar surface area (TPSA) is 29.3 Å². The molecule has 2 aliphatic rings. The van der Waals surface area contributed by atoms with Crippen molar-refractivity contribution in [2.75, 3.05) is 13.1 Å². The molecule has 0 bridgehead atoms. The zero-order valence-corrected chi connectivity index (χ0v) is 10.5. The lowest BCUT2D eigenvalue weighted by molar-refractivity contribution is 0.0812. The van der Waals surface area contributed by atoms with Crippen LogP contribution in [0.25, 0.3) is 0 Å². The van der Waals surface area contributed by atoms with E-state index in [9.17, 15) is 0 Å². The van der Waals surface area contributed by atoms with E-state index in [1.807, 2.05) is 0 Å². The molecule has 1 aliphatic heterocycles. The van der Waals surface area contributed by atoms with Crippen molar-refractivity contribution >= 4 is 0 Å². The largest absolute Gasteiger partial charge is 0.326 e. The van der Waals surface area contributed by atoms with E-state index >= 15 is 0 Å². The van der Waals surface area contributed by atoms with Crippen LogP contribution in [0.15, 0.2) is 0 Å². The quantitative estimate of drug-likeness (QED) is 0.719. The molecule has 1 aliphatic carbocycles. The van der Waals surface area contributed by atoms with Gasteiger partial charge in [0.05, 0.1) is 0 Å². The fourth-order valence-electron chi connectivity index (χ4n) is 3.72. The molecule has 3 atom stereocenters. The van der Waals surface area contributed by atoms with Gasteiger partial charge in [-0.05, 0) is 37.0 Å². The monoisotopic (exact) mass is 210 g/mol. The van der Waals surface area contributed by atoms with E-state index in [4.69, 9.17) is 5.73 Å². The lowest BCUT2D eigenvalue weighted by Crippen LogP contribution is -2.43. The number of hydrogen-bond acceptors (Lipinski definition) is 2. The molecule has 2 rings (SSSR count). The molecule has 2 nitrogen and oxygen atoms in total. The number of hydrogen-bond donors (Lipinski definition) is 1. The van der Waals surface area contributed by atoms with E-state index in [-0.39, 0.29) is 0 Å². The molecule has 0 spiro atoms. The highest BCUT2D eigenvalue weighted by Gasteiger charge is 2.36. The molecule has 1 heterocycles. The zero-order chi connectivity index (χ0) is 11.1. The molecular formula is C13H26N2. The highest BCUT2D eigenvalue weighted by Crippen LogP contribution is 2.40. The van der Waals surface area contributed by atoms with Crippen LogP contribution >= 0.6 is 0 Å². The van der Waals surface area contributed by atoms with E-state index in [1.54, 1.807) is 0 Å². The SMILES string of the molecule is C[C@@H]1C[C@H](N2CC[C@@H](N)C2)CC(C)(C)C1. The number of likely N-dealkylation sites (tertiary alicyclic amines) is 1. The predicted molar refractivity (Wildman–Crippen MR) is 64.7 cm³/mol. The van der Waals surface area contributed by atoms with Crippen LogP contribution in [0.2, 0.25) is 0 Å². The fourth-order valence-corrected chi connectivity index (χ4v) is 3.72. The Morgan fingerprint density at radius 3 is 2.53 bits per heavy atom. The highest BCUT2D eigenvalue weighted by molar-refractivity contribution is 4.91. The fraction of sp³-hybridized carbons (Fsp3) is 1.00. The summed E-state index contributed by atoms with van der Waals surface area (Å²) < 4.78 is 0. The Bertz CT molecular complexity index is 225. The number of nitrogens with two attached hydrogens (primary N) is 1. The van der Waals surface area contributed by atoms with Crippen molar-refractivity contribution in [3.63, 3.8) is 0 Å². The lowest BCUT2D eigenvalue weighted by atomic mass is 9.70. The van der Waals surface area contributed by atoms with E-state index < -0.39 is 0 Å². The summed E-state index contributed by atoms with van der Waals surface area (Å²) in [4.78, 5) is 2.64. The molecule has 2 heteroatoms. The average molecular weight is 210 g/mol. The minimum atomic E-state index is 0.436. The summed E-state index contributed by atoms with van der Waals surface area (Å²) >= 11 is 0. The second kappa shape index (κ2) is 4.06. The Hall–Kier alpha value is -0.0800. The first kappa shape index (κ1) is 11.4. The zero-order valence-electron chi connectivity index (χ0n) is 10.5. The van der Waals surface area contributed by atoms with Gasteiger partial charge in [-0.2, -0.15) is 0 Å². The Kier molecular flexibility index (Phi) is 3.09. The van der Waals surface area contributed by atoms with Gasteiger partial charge in [0, 0.05) is 25.2 Å². The van der Waals surface area contributed by atoms with Crippen LogP contribution < -0.4 is 5.73 Å². The van der Waals surface area contributed by atoms with Crippen LogP contribution in [0, 0.1) is 11.3 Å². The lowest BCUT2D eigenvalue weighted by Gasteiger charge is -2.42. The molecule has 0 unspecified atom stereocenters. The van der Waals surface area contributed by atoms with Gasteiger partial charge in [-0.1, -0.05) is 20.8 Å². The standard InChI is InChI=1S/C13H26N2/c1-10-6-12(8-13(2,3)7-10)15-5-4-11(14)9-15/h10-12H,4-9,14H2,1-3H3/t10-,11-,12+/m1/s1. The van der Waals surface area contributed by atoms with Gasteiger partial charge in [-0.25, -0.2) is 0 Å². The van der Waals surface area contributed by atoms with Gasteiger partial charge in [-0.3, -0.25) is 4.90 Å². The Balaban J connectivity index is 1.97. The summed E-state index contributed by atoms with van der Waals surface area (Å²) in [6, 6.07) is 1.24. The Morgan fingerprint density at radius 2 is 2.00 bits per heavy atom. The molecule has 0 radical (unpaired) electrons. The molecule has 88 valence electrons. The average Bonchev–Trinajstić information content (AvgIpc) is 2.48. The molecular weight excluding hydrogens is 184 g/mol. The first-order valence-electron chi connectivity index (χ1n) is 6.46. The normalized spacial score (nSPS) is 42.0. The van der Waals surface area contributed by atoms with Crippen molar-refractivity contribution in [2.24, 2.45) is 17.1 Å². The van der Waals surface area contributed by atoms with Gasteiger partial charge in [0.25, 0.3) is 0 Å². The summed E-state index contributed by atoms with van der Waals surface area (Å²) in [5, 5.41) is 0. The van der Waals surface area contributed by atoms with Gasteiger partial charge in [0.1, 0.15) is 0 Å². The summed E-state index contributed by atoms with van der Waals surface area (Å²) in [6.45, 7) is 9.61. The first-order valence-corrected chi connectivity index (χ1v) is 6.46. The second-order valence-corrected chi connectivity index (χ2v) is 6.61. The minimum absolute atomic E-state index is 0.436. The third-order valence-electron chi connectivity index (χ3n) is 4.14. The Morgan fingerprint density at radius 1 is 1.27 bits per heavy atom. The smallest absolute Gasteiger partial charge is 0.0180 e. The summed E-state index contributed by atoms with van der Waals surface area (Å²) in [5.41, 5.74) is 6.53. The molecule has 2 fully saturated rings. The van der Waals surface area contributed by atoms with Crippen molar-refractivity contribution in [3.8, 4) is 0 Å². The maximum absolute atomic E-state index is 5.99. The van der Waals surface area contributed by atoms with Crippen molar-refractivity contribution in [3.05, 3.63) is 0 Å². The van der Waals surface area contributed by atoms with Gasteiger partial charge in [0.15, 0.2) is 0 Å². The van der Waals surface area contributed by atoms with Crippen LogP contribution in [0.5, 0.6) is 0 Å². The molecule has 0 aromatic rings. The molecule has 1 saturated heterocycles. The van der Waals surface area contributed by atoms with Crippen LogP contribution in [0.1, 0.15) is 46.5 Å². The van der Waals surface area contributed by atoms with E-state index in [0.29, 0.717) is 11.5 Å². The van der Waals surface area contributed by atoms with Gasteiger partial charge in [0.2, 0.25) is 0 Å². The molecule has 0 aromatic carbocycles. The van der Waals surface area contributed by atoms with Crippen LogP contribution in [-0.2, 0) is 0 Å². The molecule has 2 N–H and O–H groups in total. The van der Waals surface area contributed by atoms with E-state index in [1.165, 1.54) is 32.2 Å². The van der Waals surface area contributed by atoms with Crippen molar-refractivity contribution in [1.82, 2.24) is 4.90 Å². The number of nitrogens with zero attached hydrogens (tertiary/aromatic N) is 1.